The Kier molecular flexibility index (Phi) is 7.88. The first kappa shape index (κ1) is 37.2. The van der Waals surface area contributed by atoms with E-state index in [0.717, 1.165) is 11.4 Å². The monoisotopic (exact) mass is 854 g/mol. The molecule has 0 amide bonds. The van der Waals surface area contributed by atoms with E-state index < -0.39 is 16.1 Å². The van der Waals surface area contributed by atoms with E-state index in [2.05, 4.69) is 251 Å². The van der Waals surface area contributed by atoms with E-state index in [4.69, 9.17) is 0 Å². The quantitative estimate of drug-likeness (QED) is 0.164. The lowest BCUT2D eigenvalue weighted by molar-refractivity contribution is 1.17. The molecule has 2 aromatic heterocycles. The van der Waals surface area contributed by atoms with Crippen molar-refractivity contribution in [2.75, 3.05) is 9.80 Å². The highest BCUT2D eigenvalue weighted by atomic mass is 28.3. The number of nitrogens with zero attached hydrogens (tertiary/aromatic N) is 4. The first-order chi connectivity index (χ1) is 31.3. The summed E-state index contributed by atoms with van der Waals surface area (Å²) >= 11 is 0. The van der Waals surface area contributed by atoms with Crippen molar-refractivity contribution in [3.8, 4) is 11.4 Å². The van der Waals surface area contributed by atoms with Crippen molar-refractivity contribution in [3.05, 3.63) is 206 Å². The molecular weight excluding hydrogens is 809 g/mol. The van der Waals surface area contributed by atoms with Crippen molar-refractivity contribution in [1.82, 2.24) is 9.13 Å². The molecular formula is C58H46N4Si2. The molecule has 64 heavy (non-hydrogen) atoms. The van der Waals surface area contributed by atoms with Crippen molar-refractivity contribution in [2.45, 2.75) is 26.2 Å². The number of para-hydroxylation sites is 6. The van der Waals surface area contributed by atoms with Crippen LogP contribution in [0.2, 0.25) is 26.2 Å². The molecule has 0 radical (unpaired) electrons. The van der Waals surface area contributed by atoms with Gasteiger partial charge in [0.2, 0.25) is 0 Å². The molecule has 0 saturated heterocycles. The standard InChI is InChI=1S/C58H46N4Si2/c1-63(2)55-27-15-13-25-51(55)61(41-33-29-39(30-34-41)59-47-21-9-5-17-43(47)44-18-6-10-22-48(44)59)53-38-58-54(37-57(53)63)62(52-26-14-16-28-56(52)64(58,3)4)42-35-31-40(32-36-42)60-49-23-11-7-19-45(49)46-20-8-12-24-50(46)60/h5-38H,1-4H3. The highest BCUT2D eigenvalue weighted by Crippen LogP contribution is 2.44. The highest BCUT2D eigenvalue weighted by molar-refractivity contribution is 7.04. The second-order valence-corrected chi connectivity index (χ2v) is 27.3. The van der Waals surface area contributed by atoms with Gasteiger partial charge in [0.25, 0.3) is 0 Å². The Morgan fingerprint density at radius 2 is 0.547 bits per heavy atom. The molecule has 0 aliphatic carbocycles. The summed E-state index contributed by atoms with van der Waals surface area (Å²) in [5.41, 5.74) is 14.8. The summed E-state index contributed by atoms with van der Waals surface area (Å²) in [4.78, 5) is 5.13. The van der Waals surface area contributed by atoms with Gasteiger partial charge in [-0.2, -0.15) is 0 Å². The Balaban J connectivity index is 0.982. The molecule has 6 heteroatoms. The molecule has 0 saturated carbocycles. The third-order valence-corrected chi connectivity index (χ3v) is 21.5. The van der Waals surface area contributed by atoms with Gasteiger partial charge >= 0.3 is 0 Å². The van der Waals surface area contributed by atoms with Crippen LogP contribution in [0, 0.1) is 0 Å². The molecule has 0 unspecified atom stereocenters. The fourth-order valence-corrected chi connectivity index (χ4v) is 17.3. The van der Waals surface area contributed by atoms with E-state index in [9.17, 15) is 0 Å². The average Bonchev–Trinajstić information content (AvgIpc) is 3.85. The number of fused-ring (bicyclic) bond motifs is 10. The Labute approximate surface area is 375 Å². The normalized spacial score (nSPS) is 14.8. The zero-order chi connectivity index (χ0) is 42.9. The van der Waals surface area contributed by atoms with Crippen LogP contribution >= 0.6 is 0 Å². The van der Waals surface area contributed by atoms with Crippen LogP contribution in [0.3, 0.4) is 0 Å². The molecule has 2 aliphatic heterocycles. The van der Waals surface area contributed by atoms with Gasteiger partial charge < -0.3 is 18.9 Å². The lowest BCUT2D eigenvalue weighted by atomic mass is 10.1. The van der Waals surface area contributed by atoms with Crippen LogP contribution < -0.4 is 30.5 Å². The molecule has 306 valence electrons. The summed E-state index contributed by atoms with van der Waals surface area (Å²) in [6.07, 6.45) is 0. The predicted octanol–water partition coefficient (Wildman–Crippen LogP) is 13.1. The lowest BCUT2D eigenvalue weighted by Crippen LogP contribution is -2.62. The Morgan fingerprint density at radius 1 is 0.266 bits per heavy atom. The summed E-state index contributed by atoms with van der Waals surface area (Å²) in [7, 11) is -4.42. The number of aromatic nitrogens is 2. The zero-order valence-electron chi connectivity index (χ0n) is 36.4. The van der Waals surface area contributed by atoms with E-state index in [0.29, 0.717) is 0 Å². The Hall–Kier alpha value is -7.39. The highest BCUT2D eigenvalue weighted by Gasteiger charge is 2.44. The van der Waals surface area contributed by atoms with Gasteiger partial charge in [0.15, 0.2) is 0 Å². The van der Waals surface area contributed by atoms with Gasteiger partial charge in [0.1, 0.15) is 16.1 Å². The van der Waals surface area contributed by atoms with Gasteiger partial charge in [-0.3, -0.25) is 0 Å². The lowest BCUT2D eigenvalue weighted by Gasteiger charge is -2.46. The molecule has 0 spiro atoms. The molecule has 13 rings (SSSR count). The molecule has 2 aliphatic rings. The fraction of sp³-hybridized carbons (Fsp3) is 0.0690. The van der Waals surface area contributed by atoms with Gasteiger partial charge in [0.05, 0.1) is 22.1 Å². The maximum Gasteiger partial charge on any atom is 0.117 e. The van der Waals surface area contributed by atoms with E-state index in [1.807, 2.05) is 0 Å². The molecule has 0 fully saturated rings. The summed E-state index contributed by atoms with van der Waals surface area (Å²) in [6.45, 7) is 10.2. The smallest absolute Gasteiger partial charge is 0.117 e. The minimum Gasteiger partial charge on any atom is -0.311 e. The van der Waals surface area contributed by atoms with E-state index in [-0.39, 0.29) is 0 Å². The largest absolute Gasteiger partial charge is 0.311 e. The number of hydrogen-bond acceptors (Lipinski definition) is 2. The third-order valence-electron chi connectivity index (χ3n) is 14.5. The van der Waals surface area contributed by atoms with Crippen LogP contribution in [-0.2, 0) is 0 Å². The Bertz CT molecular complexity index is 3340. The molecule has 11 aromatic rings. The summed E-state index contributed by atoms with van der Waals surface area (Å²) < 4.78 is 4.82. The van der Waals surface area contributed by atoms with Crippen molar-refractivity contribution in [2.24, 2.45) is 0 Å². The van der Waals surface area contributed by atoms with Gasteiger partial charge in [-0.1, -0.05) is 135 Å². The van der Waals surface area contributed by atoms with E-state index in [1.165, 1.54) is 98.5 Å². The van der Waals surface area contributed by atoms with Crippen LogP contribution in [0.1, 0.15) is 0 Å². The number of hydrogen-bond donors (Lipinski definition) is 0. The molecule has 0 N–H and O–H groups in total. The fourth-order valence-electron chi connectivity index (χ4n) is 11.4. The van der Waals surface area contributed by atoms with Crippen LogP contribution in [0.15, 0.2) is 206 Å². The molecule has 9 aromatic carbocycles. The Morgan fingerprint density at radius 3 is 0.891 bits per heavy atom. The van der Waals surface area contributed by atoms with Gasteiger partial charge in [-0.15, -0.1) is 0 Å². The topological polar surface area (TPSA) is 16.3 Å². The van der Waals surface area contributed by atoms with Gasteiger partial charge in [-0.25, -0.2) is 0 Å². The summed E-state index contributed by atoms with van der Waals surface area (Å²) in [5.74, 6) is 0. The van der Waals surface area contributed by atoms with Gasteiger partial charge in [-0.05, 0) is 118 Å². The van der Waals surface area contributed by atoms with Crippen LogP contribution in [-0.4, -0.2) is 25.3 Å². The van der Waals surface area contributed by atoms with E-state index in [1.54, 1.807) is 0 Å². The van der Waals surface area contributed by atoms with Crippen molar-refractivity contribution in [3.63, 3.8) is 0 Å². The minimum atomic E-state index is -2.21. The van der Waals surface area contributed by atoms with Crippen LogP contribution in [0.5, 0.6) is 0 Å². The van der Waals surface area contributed by atoms with Crippen LogP contribution in [0.25, 0.3) is 55.0 Å². The van der Waals surface area contributed by atoms with Crippen molar-refractivity contribution in [1.29, 1.82) is 0 Å². The zero-order valence-corrected chi connectivity index (χ0v) is 38.4. The third kappa shape index (κ3) is 5.15. The average molecular weight is 855 g/mol. The number of anilines is 6. The maximum absolute atomic E-state index is 2.61. The molecule has 4 nitrogen and oxygen atoms in total. The first-order valence-electron chi connectivity index (χ1n) is 22.4. The molecule has 0 atom stereocenters. The van der Waals surface area contributed by atoms with Crippen molar-refractivity contribution < 1.29 is 0 Å². The first-order valence-corrected chi connectivity index (χ1v) is 28.4. The van der Waals surface area contributed by atoms with Gasteiger partial charge in [0, 0.05) is 67.0 Å². The second-order valence-electron chi connectivity index (χ2n) is 18.6. The number of benzene rings is 9. The summed E-state index contributed by atoms with van der Waals surface area (Å²) in [5, 5.41) is 11.0. The van der Waals surface area contributed by atoms with E-state index >= 15 is 0 Å². The number of rotatable bonds is 4. The van der Waals surface area contributed by atoms with Crippen LogP contribution in [0.4, 0.5) is 34.1 Å². The maximum atomic E-state index is 2.61. The minimum absolute atomic E-state index is 1.16. The second kappa shape index (κ2) is 13.6. The predicted molar refractivity (Wildman–Crippen MR) is 278 cm³/mol. The molecule has 0 bridgehead atoms. The SMILES string of the molecule is C[Si]1(C)c2ccccc2N(c2ccc(-n3c4ccccc4c4ccccc43)cc2)c2cc3c(cc21)N(c1ccc(-n2c4ccccc4c4ccccc42)cc1)c1ccccc1[Si]3(C)C. The van der Waals surface area contributed by atoms with Crippen molar-refractivity contribution >= 4 is 115 Å². The molecule has 4 heterocycles. The summed E-state index contributed by atoms with van der Waals surface area (Å²) in [6, 6.07) is 77.2.